The molecule has 1 heterocycles. The quantitative estimate of drug-likeness (QED) is 0.486. The molecule has 3 aromatic rings. The molecule has 1 N–H and O–H groups in total. The third-order valence-electron chi connectivity index (χ3n) is 5.81. The molecule has 1 aliphatic heterocycles. The number of anilines is 1. The van der Waals surface area contributed by atoms with Gasteiger partial charge in [0.2, 0.25) is 0 Å². The summed E-state index contributed by atoms with van der Waals surface area (Å²) in [6.07, 6.45) is 0.986. The van der Waals surface area contributed by atoms with Gasteiger partial charge in [-0.05, 0) is 62.2 Å². The molecular weight excluding hydrogens is 428 g/mol. The molecule has 6 nitrogen and oxygen atoms in total. The lowest BCUT2D eigenvalue weighted by Crippen LogP contribution is -2.30. The molecule has 0 radical (unpaired) electrons. The van der Waals surface area contributed by atoms with Crippen molar-refractivity contribution in [1.29, 1.82) is 0 Å². The highest BCUT2D eigenvalue weighted by atomic mass is 16.5. The molecule has 0 unspecified atom stereocenters. The third-order valence-corrected chi connectivity index (χ3v) is 5.81. The van der Waals surface area contributed by atoms with Crippen molar-refractivity contribution in [3.8, 4) is 11.5 Å². The highest BCUT2D eigenvalue weighted by Gasteiger charge is 2.28. The number of nitrogens with one attached hydrogen (secondary N) is 1. The van der Waals surface area contributed by atoms with Crippen molar-refractivity contribution in [2.24, 2.45) is 4.99 Å². The first-order chi connectivity index (χ1) is 16.3. The van der Waals surface area contributed by atoms with Crippen molar-refractivity contribution in [2.75, 3.05) is 19.5 Å². The topological polar surface area (TPSA) is 77.0 Å². The van der Waals surface area contributed by atoms with Crippen molar-refractivity contribution in [3.63, 3.8) is 0 Å². The number of hydrogen-bond donors (Lipinski definition) is 1. The van der Waals surface area contributed by atoms with Gasteiger partial charge in [0.25, 0.3) is 5.91 Å². The molecule has 3 aromatic carbocycles. The SMILES string of the molecule is COc1cccc(NC(=O)c2ccc(C(=O)CC3=NC(C)(C)Cc4ccc(OC)cc43)cc2)c1. The van der Waals surface area contributed by atoms with E-state index < -0.39 is 0 Å². The van der Waals surface area contributed by atoms with Crippen LogP contribution in [-0.4, -0.2) is 37.2 Å². The average molecular weight is 457 g/mol. The summed E-state index contributed by atoms with van der Waals surface area (Å²) in [5, 5.41) is 2.84. The van der Waals surface area contributed by atoms with Crippen molar-refractivity contribution >= 4 is 23.1 Å². The Morgan fingerprint density at radius 2 is 1.59 bits per heavy atom. The van der Waals surface area contributed by atoms with E-state index >= 15 is 0 Å². The second kappa shape index (κ2) is 9.51. The molecule has 0 atom stereocenters. The molecule has 1 aliphatic rings. The van der Waals surface area contributed by atoms with E-state index in [-0.39, 0.29) is 23.7 Å². The number of aliphatic imine (C=N–C) groups is 1. The molecular formula is C28H28N2O4. The molecule has 174 valence electrons. The van der Waals surface area contributed by atoms with Crippen LogP contribution in [0.1, 0.15) is 52.1 Å². The van der Waals surface area contributed by atoms with E-state index in [1.54, 1.807) is 56.7 Å². The van der Waals surface area contributed by atoms with Crippen LogP contribution in [0.2, 0.25) is 0 Å². The van der Waals surface area contributed by atoms with Crippen LogP contribution in [-0.2, 0) is 6.42 Å². The van der Waals surface area contributed by atoms with Crippen molar-refractivity contribution in [1.82, 2.24) is 0 Å². The fraction of sp³-hybridized carbons (Fsp3) is 0.250. The molecule has 4 rings (SSSR count). The zero-order valence-electron chi connectivity index (χ0n) is 19.8. The number of ketones is 1. The molecule has 1 amide bonds. The number of carbonyl (C=O) groups excluding carboxylic acids is 2. The minimum absolute atomic E-state index is 0.0510. The first-order valence-corrected chi connectivity index (χ1v) is 11.1. The van der Waals surface area contributed by atoms with Crippen LogP contribution in [0.3, 0.4) is 0 Å². The molecule has 0 aromatic heterocycles. The summed E-state index contributed by atoms with van der Waals surface area (Å²) in [5.74, 6) is 1.09. The summed E-state index contributed by atoms with van der Waals surface area (Å²) in [7, 11) is 3.20. The van der Waals surface area contributed by atoms with E-state index in [0.717, 1.165) is 29.0 Å². The third kappa shape index (κ3) is 5.17. The molecule has 0 saturated carbocycles. The van der Waals surface area contributed by atoms with Gasteiger partial charge in [0, 0.05) is 28.4 Å². The zero-order chi connectivity index (χ0) is 24.3. The number of Topliss-reactive ketones (excluding diaryl/α,β-unsaturated/α-hetero) is 1. The highest BCUT2D eigenvalue weighted by molar-refractivity contribution is 6.17. The maximum Gasteiger partial charge on any atom is 0.255 e. The molecule has 0 saturated heterocycles. The second-order valence-corrected chi connectivity index (χ2v) is 8.93. The zero-order valence-corrected chi connectivity index (χ0v) is 19.8. The maximum absolute atomic E-state index is 13.1. The number of fused-ring (bicyclic) bond motifs is 1. The lowest BCUT2D eigenvalue weighted by atomic mass is 9.85. The Bertz CT molecular complexity index is 1260. The maximum atomic E-state index is 13.1. The Morgan fingerprint density at radius 1 is 0.912 bits per heavy atom. The van der Waals surface area contributed by atoms with Gasteiger partial charge in [0.05, 0.1) is 31.9 Å². The molecule has 34 heavy (non-hydrogen) atoms. The number of hydrogen-bond acceptors (Lipinski definition) is 5. The number of ether oxygens (including phenoxy) is 2. The average Bonchev–Trinajstić information content (AvgIpc) is 2.83. The minimum Gasteiger partial charge on any atom is -0.497 e. The number of rotatable bonds is 7. The Balaban J connectivity index is 1.50. The van der Waals surface area contributed by atoms with Gasteiger partial charge in [-0.2, -0.15) is 0 Å². The minimum atomic E-state index is -0.279. The lowest BCUT2D eigenvalue weighted by Gasteiger charge is -2.29. The van der Waals surface area contributed by atoms with Gasteiger partial charge in [-0.3, -0.25) is 14.6 Å². The highest BCUT2D eigenvalue weighted by Crippen LogP contribution is 2.31. The van der Waals surface area contributed by atoms with Crippen LogP contribution >= 0.6 is 0 Å². The predicted molar refractivity (Wildman–Crippen MR) is 134 cm³/mol. The second-order valence-electron chi connectivity index (χ2n) is 8.93. The van der Waals surface area contributed by atoms with Crippen LogP contribution in [0.4, 0.5) is 5.69 Å². The first-order valence-electron chi connectivity index (χ1n) is 11.1. The molecule has 0 aliphatic carbocycles. The lowest BCUT2D eigenvalue weighted by molar-refractivity contribution is 0.0995. The summed E-state index contributed by atoms with van der Waals surface area (Å²) in [6, 6.07) is 19.8. The van der Waals surface area contributed by atoms with Gasteiger partial charge in [-0.25, -0.2) is 0 Å². The number of carbonyl (C=O) groups is 2. The number of benzene rings is 3. The number of methoxy groups -OCH3 is 2. The predicted octanol–water partition coefficient (Wildman–Crippen LogP) is 5.35. The van der Waals surface area contributed by atoms with Gasteiger partial charge >= 0.3 is 0 Å². The Morgan fingerprint density at radius 3 is 2.29 bits per heavy atom. The van der Waals surface area contributed by atoms with Gasteiger partial charge in [0.1, 0.15) is 11.5 Å². The normalized spacial score (nSPS) is 13.9. The molecule has 0 spiro atoms. The fourth-order valence-electron chi connectivity index (χ4n) is 4.14. The molecule has 6 heteroatoms. The van der Waals surface area contributed by atoms with Gasteiger partial charge < -0.3 is 14.8 Å². The van der Waals surface area contributed by atoms with E-state index in [2.05, 4.69) is 19.2 Å². The Labute approximate surface area is 199 Å². The summed E-state index contributed by atoms with van der Waals surface area (Å²) >= 11 is 0. The summed E-state index contributed by atoms with van der Waals surface area (Å²) in [6.45, 7) is 4.14. The van der Waals surface area contributed by atoms with E-state index in [1.807, 2.05) is 24.3 Å². The summed E-state index contributed by atoms with van der Waals surface area (Å²) < 4.78 is 10.6. The van der Waals surface area contributed by atoms with Gasteiger partial charge in [-0.15, -0.1) is 0 Å². The van der Waals surface area contributed by atoms with Gasteiger partial charge in [0.15, 0.2) is 5.78 Å². The summed E-state index contributed by atoms with van der Waals surface area (Å²) in [4.78, 5) is 30.6. The Kier molecular flexibility index (Phi) is 6.50. The molecule has 0 fully saturated rings. The van der Waals surface area contributed by atoms with E-state index in [4.69, 9.17) is 14.5 Å². The Hall–Kier alpha value is -3.93. The van der Waals surface area contributed by atoms with Gasteiger partial charge in [-0.1, -0.05) is 24.3 Å². The van der Waals surface area contributed by atoms with Crippen LogP contribution in [0.25, 0.3) is 0 Å². The van der Waals surface area contributed by atoms with Crippen molar-refractivity contribution in [2.45, 2.75) is 32.2 Å². The fourth-order valence-corrected chi connectivity index (χ4v) is 4.14. The number of amides is 1. The number of nitrogens with zero attached hydrogens (tertiary/aromatic N) is 1. The smallest absolute Gasteiger partial charge is 0.255 e. The monoisotopic (exact) mass is 456 g/mol. The van der Waals surface area contributed by atoms with Crippen LogP contribution < -0.4 is 14.8 Å². The van der Waals surface area contributed by atoms with E-state index in [9.17, 15) is 9.59 Å². The van der Waals surface area contributed by atoms with Crippen molar-refractivity contribution < 1.29 is 19.1 Å². The van der Waals surface area contributed by atoms with E-state index in [0.29, 0.717) is 22.6 Å². The van der Waals surface area contributed by atoms with Crippen LogP contribution in [0.5, 0.6) is 11.5 Å². The molecule has 0 bridgehead atoms. The first kappa shape index (κ1) is 23.2. The largest absolute Gasteiger partial charge is 0.497 e. The summed E-state index contributed by atoms with van der Waals surface area (Å²) in [5.41, 5.74) is 4.24. The standard InChI is InChI=1S/C28H28N2O4/c1-28(2)17-20-12-13-23(34-4)15-24(20)25(30-28)16-26(31)18-8-10-19(11-9-18)27(32)29-21-6-5-7-22(14-21)33-3/h5-15H,16-17H2,1-4H3,(H,29,32). The van der Waals surface area contributed by atoms with Crippen LogP contribution in [0, 0.1) is 0 Å². The van der Waals surface area contributed by atoms with Crippen LogP contribution in [0.15, 0.2) is 71.7 Å². The van der Waals surface area contributed by atoms with E-state index in [1.165, 1.54) is 0 Å². The van der Waals surface area contributed by atoms with Crippen molar-refractivity contribution in [3.05, 3.63) is 89.0 Å².